The van der Waals surface area contributed by atoms with Crippen LogP contribution in [-0.2, 0) is 12.8 Å². The second-order valence-electron chi connectivity index (χ2n) is 6.72. The van der Waals surface area contributed by atoms with Crippen molar-refractivity contribution in [2.45, 2.75) is 26.7 Å². The summed E-state index contributed by atoms with van der Waals surface area (Å²) in [5.41, 5.74) is 6.25. The predicted octanol–water partition coefficient (Wildman–Crippen LogP) is 4.80. The van der Waals surface area contributed by atoms with E-state index in [0.717, 1.165) is 29.6 Å². The number of nitrogens with one attached hydrogen (secondary N) is 1. The molecule has 1 amide bonds. The minimum Gasteiger partial charge on any atom is -0.322 e. The maximum atomic E-state index is 12.5. The third-order valence-corrected chi connectivity index (χ3v) is 4.84. The lowest BCUT2D eigenvalue weighted by Gasteiger charge is -2.05. The molecule has 0 unspecified atom stereocenters. The van der Waals surface area contributed by atoms with Crippen LogP contribution in [0.4, 0.5) is 5.69 Å². The van der Waals surface area contributed by atoms with Gasteiger partial charge in [0.05, 0.1) is 5.69 Å². The predicted molar refractivity (Wildman–Crippen MR) is 112 cm³/mol. The van der Waals surface area contributed by atoms with Gasteiger partial charge in [0, 0.05) is 11.3 Å². The Labute approximate surface area is 164 Å². The zero-order chi connectivity index (χ0) is 19.5. The summed E-state index contributed by atoms with van der Waals surface area (Å²) in [6.45, 7) is 4.22. The molecule has 0 bridgehead atoms. The molecule has 0 fully saturated rings. The molecule has 0 radical (unpaired) electrons. The number of hydrogen-bond acceptors (Lipinski definition) is 3. The molecule has 3 aromatic carbocycles. The number of hydrogen-bond donors (Lipinski definition) is 1. The molecular formula is C23H22N4O. The number of nitrogens with zero attached hydrogens (tertiary/aromatic N) is 3. The zero-order valence-corrected chi connectivity index (χ0v) is 16.0. The normalized spacial score (nSPS) is 10.9. The number of benzene rings is 3. The highest BCUT2D eigenvalue weighted by Gasteiger charge is 2.09. The smallest absolute Gasteiger partial charge is 0.255 e. The Morgan fingerprint density at radius 2 is 1.43 bits per heavy atom. The van der Waals surface area contributed by atoms with E-state index < -0.39 is 0 Å². The second kappa shape index (κ2) is 7.64. The Bertz CT molecular complexity index is 1110. The first-order valence-corrected chi connectivity index (χ1v) is 9.53. The Morgan fingerprint density at radius 3 is 2.07 bits per heavy atom. The van der Waals surface area contributed by atoms with Gasteiger partial charge in [-0.2, -0.15) is 4.80 Å². The van der Waals surface area contributed by atoms with Gasteiger partial charge >= 0.3 is 0 Å². The summed E-state index contributed by atoms with van der Waals surface area (Å²) in [5.74, 6) is -0.135. The molecule has 4 rings (SSSR count). The van der Waals surface area contributed by atoms with E-state index in [1.807, 2.05) is 54.6 Å². The summed E-state index contributed by atoms with van der Waals surface area (Å²) in [6.07, 6.45) is 1.95. The number of rotatable bonds is 5. The van der Waals surface area contributed by atoms with Gasteiger partial charge in [0.1, 0.15) is 11.0 Å². The molecule has 1 aromatic heterocycles. The molecule has 0 aliphatic carbocycles. The van der Waals surface area contributed by atoms with Gasteiger partial charge in [-0.05, 0) is 66.4 Å². The van der Waals surface area contributed by atoms with Crippen LogP contribution in [0.3, 0.4) is 0 Å². The van der Waals surface area contributed by atoms with Crippen molar-refractivity contribution in [3.8, 4) is 5.69 Å². The van der Waals surface area contributed by atoms with Gasteiger partial charge in [-0.1, -0.05) is 38.1 Å². The van der Waals surface area contributed by atoms with Crippen LogP contribution < -0.4 is 5.32 Å². The van der Waals surface area contributed by atoms with Crippen molar-refractivity contribution in [1.29, 1.82) is 0 Å². The average molecular weight is 370 g/mol. The van der Waals surface area contributed by atoms with Crippen molar-refractivity contribution in [2.75, 3.05) is 5.32 Å². The molecular weight excluding hydrogens is 348 g/mol. The first-order chi connectivity index (χ1) is 13.7. The van der Waals surface area contributed by atoms with Gasteiger partial charge in [0.15, 0.2) is 0 Å². The van der Waals surface area contributed by atoms with Crippen molar-refractivity contribution in [2.24, 2.45) is 0 Å². The molecule has 0 aliphatic rings. The van der Waals surface area contributed by atoms with Crippen molar-refractivity contribution >= 4 is 22.6 Å². The molecule has 4 aromatic rings. The molecule has 1 heterocycles. The van der Waals surface area contributed by atoms with Crippen LogP contribution in [-0.4, -0.2) is 20.9 Å². The van der Waals surface area contributed by atoms with Crippen molar-refractivity contribution in [3.05, 3.63) is 83.4 Å². The van der Waals surface area contributed by atoms with Gasteiger partial charge in [-0.3, -0.25) is 4.79 Å². The molecule has 140 valence electrons. The van der Waals surface area contributed by atoms with E-state index >= 15 is 0 Å². The largest absolute Gasteiger partial charge is 0.322 e. The number of aromatic nitrogens is 3. The van der Waals surface area contributed by atoms with Crippen molar-refractivity contribution < 1.29 is 4.79 Å². The van der Waals surface area contributed by atoms with Crippen LogP contribution in [0.5, 0.6) is 0 Å². The number of carbonyl (C=O) groups excluding carboxylic acids is 1. The fourth-order valence-electron chi connectivity index (χ4n) is 3.07. The fourth-order valence-corrected chi connectivity index (χ4v) is 3.07. The summed E-state index contributed by atoms with van der Waals surface area (Å²) in [5, 5.41) is 12.0. The molecule has 0 spiro atoms. The number of carbonyl (C=O) groups is 1. The molecule has 0 saturated heterocycles. The minimum atomic E-state index is -0.135. The number of anilines is 1. The standard InChI is InChI=1S/C23H22N4O/c1-3-16-5-9-18(10-6-16)23(28)24-19-11-14-21-22(15-19)26-27(25-21)20-12-7-17(4-2)8-13-20/h5-15H,3-4H2,1-2H3,(H,24,28). The van der Waals surface area contributed by atoms with E-state index in [9.17, 15) is 4.79 Å². The van der Waals surface area contributed by atoms with E-state index in [1.165, 1.54) is 11.1 Å². The second-order valence-corrected chi connectivity index (χ2v) is 6.72. The van der Waals surface area contributed by atoms with Crippen LogP contribution in [0.25, 0.3) is 16.7 Å². The van der Waals surface area contributed by atoms with Gasteiger partial charge in [-0.15, -0.1) is 10.2 Å². The molecule has 5 heteroatoms. The van der Waals surface area contributed by atoms with Gasteiger partial charge in [0.2, 0.25) is 0 Å². The summed E-state index contributed by atoms with van der Waals surface area (Å²) >= 11 is 0. The first-order valence-electron chi connectivity index (χ1n) is 9.53. The van der Waals surface area contributed by atoms with Crippen LogP contribution in [0.1, 0.15) is 35.3 Å². The molecule has 0 saturated carbocycles. The topological polar surface area (TPSA) is 59.8 Å². The lowest BCUT2D eigenvalue weighted by atomic mass is 10.1. The SMILES string of the molecule is CCc1ccc(C(=O)Nc2ccc3nn(-c4ccc(CC)cc4)nc3c2)cc1. The highest BCUT2D eigenvalue weighted by atomic mass is 16.1. The fraction of sp³-hybridized carbons (Fsp3) is 0.174. The zero-order valence-electron chi connectivity index (χ0n) is 16.0. The number of amides is 1. The number of aryl methyl sites for hydroxylation is 2. The van der Waals surface area contributed by atoms with Crippen LogP contribution >= 0.6 is 0 Å². The number of fused-ring (bicyclic) bond motifs is 1. The van der Waals surface area contributed by atoms with E-state index in [1.54, 1.807) is 4.80 Å². The van der Waals surface area contributed by atoms with Gasteiger partial charge in [-0.25, -0.2) is 0 Å². The van der Waals surface area contributed by atoms with E-state index in [0.29, 0.717) is 11.3 Å². The maximum Gasteiger partial charge on any atom is 0.255 e. The quantitative estimate of drug-likeness (QED) is 0.549. The van der Waals surface area contributed by atoms with Gasteiger partial charge < -0.3 is 5.32 Å². The summed E-state index contributed by atoms with van der Waals surface area (Å²) in [6, 6.07) is 21.4. The maximum absolute atomic E-state index is 12.5. The molecule has 1 N–H and O–H groups in total. The van der Waals surface area contributed by atoms with E-state index in [-0.39, 0.29) is 5.91 Å². The van der Waals surface area contributed by atoms with E-state index in [4.69, 9.17) is 0 Å². The molecule has 28 heavy (non-hydrogen) atoms. The monoisotopic (exact) mass is 370 g/mol. The highest BCUT2D eigenvalue weighted by molar-refractivity contribution is 6.04. The third kappa shape index (κ3) is 3.64. The molecule has 0 atom stereocenters. The summed E-state index contributed by atoms with van der Waals surface area (Å²) in [4.78, 5) is 14.1. The van der Waals surface area contributed by atoms with E-state index in [2.05, 4.69) is 41.5 Å². The molecule has 0 aliphatic heterocycles. The third-order valence-electron chi connectivity index (χ3n) is 4.84. The minimum absolute atomic E-state index is 0.135. The average Bonchev–Trinajstić information content (AvgIpc) is 3.17. The lowest BCUT2D eigenvalue weighted by molar-refractivity contribution is 0.102. The summed E-state index contributed by atoms with van der Waals surface area (Å²) in [7, 11) is 0. The van der Waals surface area contributed by atoms with Crippen LogP contribution in [0, 0.1) is 0 Å². The highest BCUT2D eigenvalue weighted by Crippen LogP contribution is 2.19. The van der Waals surface area contributed by atoms with Crippen LogP contribution in [0.2, 0.25) is 0 Å². The lowest BCUT2D eigenvalue weighted by Crippen LogP contribution is -2.11. The Balaban J connectivity index is 1.56. The Kier molecular flexibility index (Phi) is 4.89. The Hall–Kier alpha value is -3.47. The summed E-state index contributed by atoms with van der Waals surface area (Å²) < 4.78 is 0. The van der Waals surface area contributed by atoms with Gasteiger partial charge in [0.25, 0.3) is 5.91 Å². The first kappa shape index (κ1) is 17.9. The van der Waals surface area contributed by atoms with Crippen LogP contribution in [0.15, 0.2) is 66.7 Å². The molecule has 5 nitrogen and oxygen atoms in total. The Morgan fingerprint density at radius 1 is 0.821 bits per heavy atom. The van der Waals surface area contributed by atoms with Crippen molar-refractivity contribution in [3.63, 3.8) is 0 Å². The van der Waals surface area contributed by atoms with Crippen molar-refractivity contribution in [1.82, 2.24) is 15.0 Å².